The van der Waals surface area contributed by atoms with Gasteiger partial charge in [-0.1, -0.05) is 63.5 Å². The van der Waals surface area contributed by atoms with E-state index in [9.17, 15) is 29.5 Å². The highest BCUT2D eigenvalue weighted by Gasteiger charge is 2.44. The quantitative estimate of drug-likeness (QED) is 0.0538. The number of aliphatic hydroxyl groups is 3. The van der Waals surface area contributed by atoms with Crippen LogP contribution in [0.3, 0.4) is 0 Å². The second-order valence-corrected chi connectivity index (χ2v) is 10.2. The van der Waals surface area contributed by atoms with Crippen LogP contribution in [0.2, 0.25) is 0 Å². The molecule has 0 radical (unpaired) electrons. The lowest BCUT2D eigenvalue weighted by Crippen LogP contribution is -2.39. The lowest BCUT2D eigenvalue weighted by atomic mass is 10.00. The second-order valence-electron chi connectivity index (χ2n) is 9.05. The molecule has 11 nitrogen and oxygen atoms in total. The molecule has 0 aromatic heterocycles. The summed E-state index contributed by atoms with van der Waals surface area (Å²) < 4.78 is 19.7. The number of rotatable bonds is 21. The van der Waals surface area contributed by atoms with E-state index in [1.807, 2.05) is 0 Å². The standard InChI is InChI=1S/C24H41O11P/c25-18(20(28)22-21(29)23(24(30)34-22)35-36(31,32)33)16-14-12-10-8-6-4-2-1-3-5-7-9-11-13-15-17-19(26)27/h1,3,18,20,22,25,28-29H,2,4-17H2,(H,26,27)(H2,31,32,33)/b3-1-/t18?,20-,22+/m0/s1. The van der Waals surface area contributed by atoms with Gasteiger partial charge < -0.3 is 29.7 Å². The van der Waals surface area contributed by atoms with E-state index in [0.29, 0.717) is 6.42 Å². The Hall–Kier alpha value is -1.91. The first-order chi connectivity index (χ1) is 17.0. The maximum absolute atomic E-state index is 11.6. The lowest BCUT2D eigenvalue weighted by molar-refractivity contribution is -0.150. The monoisotopic (exact) mass is 536 g/mol. The summed E-state index contributed by atoms with van der Waals surface area (Å²) in [7, 11) is -5.10. The molecule has 0 amide bonds. The predicted octanol–water partition coefficient (Wildman–Crippen LogP) is 4.00. The number of ether oxygens (including phenoxy) is 1. The third-order valence-electron chi connectivity index (χ3n) is 5.88. The number of hydrogen-bond donors (Lipinski definition) is 6. The Morgan fingerprint density at radius 3 is 1.94 bits per heavy atom. The number of allylic oxidation sites excluding steroid dienone is 2. The molecule has 0 aliphatic carbocycles. The van der Waals surface area contributed by atoms with Gasteiger partial charge in [0.2, 0.25) is 0 Å². The number of carboxylic acids is 1. The van der Waals surface area contributed by atoms with Gasteiger partial charge in [0.25, 0.3) is 5.76 Å². The number of phosphoric acid groups is 1. The molecule has 36 heavy (non-hydrogen) atoms. The molecule has 12 heteroatoms. The average molecular weight is 537 g/mol. The number of esters is 1. The Balaban J connectivity index is 2.05. The van der Waals surface area contributed by atoms with Crippen molar-refractivity contribution in [3.05, 3.63) is 23.7 Å². The molecule has 0 fully saturated rings. The second kappa shape index (κ2) is 17.5. The van der Waals surface area contributed by atoms with Gasteiger partial charge in [-0.2, -0.15) is 0 Å². The Morgan fingerprint density at radius 2 is 1.42 bits per heavy atom. The molecule has 1 heterocycles. The fraction of sp³-hybridized carbons (Fsp3) is 0.750. The van der Waals surface area contributed by atoms with Crippen LogP contribution in [0.15, 0.2) is 23.7 Å². The molecule has 0 bridgehead atoms. The predicted molar refractivity (Wildman–Crippen MR) is 131 cm³/mol. The normalized spacial score (nSPS) is 18.0. The number of aliphatic carboxylic acids is 1. The summed E-state index contributed by atoms with van der Waals surface area (Å²) in [6, 6.07) is 0. The van der Waals surface area contributed by atoms with Crippen LogP contribution < -0.4 is 0 Å². The summed E-state index contributed by atoms with van der Waals surface area (Å²) in [4.78, 5) is 39.6. The van der Waals surface area contributed by atoms with Crippen LogP contribution in [0.4, 0.5) is 0 Å². The molecular formula is C24H41O11P. The zero-order valence-electron chi connectivity index (χ0n) is 20.7. The van der Waals surface area contributed by atoms with Gasteiger partial charge in [-0.05, 0) is 38.5 Å². The van der Waals surface area contributed by atoms with Crippen LogP contribution in [0.25, 0.3) is 0 Å². The Bertz CT molecular complexity index is 774. The fourth-order valence-electron chi connectivity index (χ4n) is 3.89. The van der Waals surface area contributed by atoms with E-state index >= 15 is 0 Å². The van der Waals surface area contributed by atoms with Gasteiger partial charge >= 0.3 is 19.8 Å². The molecule has 0 aromatic rings. The number of unbranched alkanes of at least 4 members (excludes halogenated alkanes) is 11. The maximum Gasteiger partial charge on any atom is 0.525 e. The van der Waals surface area contributed by atoms with Crippen molar-refractivity contribution < 1.29 is 53.6 Å². The zero-order valence-corrected chi connectivity index (χ0v) is 21.6. The highest BCUT2D eigenvalue weighted by Crippen LogP contribution is 2.42. The highest BCUT2D eigenvalue weighted by atomic mass is 31.2. The third kappa shape index (κ3) is 14.0. The molecule has 0 aromatic carbocycles. The Kier molecular flexibility index (Phi) is 15.6. The average Bonchev–Trinajstić information content (AvgIpc) is 3.07. The fourth-order valence-corrected chi connectivity index (χ4v) is 4.30. The topological polar surface area (TPSA) is 191 Å². The number of phosphoric ester groups is 1. The molecule has 6 N–H and O–H groups in total. The molecule has 1 aliphatic rings. The van der Waals surface area contributed by atoms with E-state index in [1.165, 1.54) is 0 Å². The molecule has 208 valence electrons. The molecular weight excluding hydrogens is 495 g/mol. The van der Waals surface area contributed by atoms with Gasteiger partial charge in [0.05, 0.1) is 6.10 Å². The summed E-state index contributed by atoms with van der Waals surface area (Å²) in [6.07, 6.45) is 13.1. The van der Waals surface area contributed by atoms with Crippen LogP contribution in [0.1, 0.15) is 96.3 Å². The van der Waals surface area contributed by atoms with Crippen LogP contribution in [0.5, 0.6) is 0 Å². The minimum absolute atomic E-state index is 0.208. The first-order valence-electron chi connectivity index (χ1n) is 12.6. The summed E-state index contributed by atoms with van der Waals surface area (Å²) in [5, 5.41) is 38.8. The summed E-state index contributed by atoms with van der Waals surface area (Å²) in [5.74, 6) is -4.08. The molecule has 1 unspecified atom stereocenters. The molecule has 3 atom stereocenters. The van der Waals surface area contributed by atoms with Crippen molar-refractivity contribution in [3.63, 3.8) is 0 Å². The van der Waals surface area contributed by atoms with Gasteiger partial charge in [-0.15, -0.1) is 0 Å². The molecule has 0 spiro atoms. The first kappa shape index (κ1) is 32.1. The maximum atomic E-state index is 11.6. The van der Waals surface area contributed by atoms with E-state index in [2.05, 4.69) is 16.7 Å². The van der Waals surface area contributed by atoms with Crippen LogP contribution in [0, 0.1) is 0 Å². The highest BCUT2D eigenvalue weighted by molar-refractivity contribution is 7.46. The Morgan fingerprint density at radius 1 is 0.917 bits per heavy atom. The van der Waals surface area contributed by atoms with Gasteiger partial charge in [0.15, 0.2) is 11.9 Å². The molecule has 1 rings (SSSR count). The van der Waals surface area contributed by atoms with Crippen molar-refractivity contribution in [2.45, 2.75) is 115 Å². The van der Waals surface area contributed by atoms with E-state index in [4.69, 9.17) is 19.6 Å². The minimum Gasteiger partial charge on any atom is -0.505 e. The first-order valence-corrected chi connectivity index (χ1v) is 14.2. The number of aliphatic hydroxyl groups excluding tert-OH is 3. The lowest BCUT2D eigenvalue weighted by Gasteiger charge is -2.22. The van der Waals surface area contributed by atoms with E-state index in [-0.39, 0.29) is 12.8 Å². The summed E-state index contributed by atoms with van der Waals surface area (Å²) >= 11 is 0. The van der Waals surface area contributed by atoms with Crippen LogP contribution in [-0.2, 0) is 23.4 Å². The SMILES string of the molecule is O=C(O)CCCCCCC/C=C\CCCCCCCCC(O)[C@H](O)[C@H]1OC(=O)C(OP(=O)(O)O)=C1O. The van der Waals surface area contributed by atoms with E-state index in [0.717, 1.165) is 77.0 Å². The summed E-state index contributed by atoms with van der Waals surface area (Å²) in [5.41, 5.74) is 0. The van der Waals surface area contributed by atoms with Crippen LogP contribution >= 0.6 is 7.82 Å². The number of cyclic esters (lactones) is 1. The Labute approximate surface area is 212 Å². The number of hydrogen-bond acceptors (Lipinski definition) is 8. The summed E-state index contributed by atoms with van der Waals surface area (Å²) in [6.45, 7) is 0. The smallest absolute Gasteiger partial charge is 0.505 e. The van der Waals surface area contributed by atoms with Crippen molar-refractivity contribution in [2.24, 2.45) is 0 Å². The largest absolute Gasteiger partial charge is 0.525 e. The number of carbonyl (C=O) groups excluding carboxylic acids is 1. The van der Waals surface area contributed by atoms with Gasteiger partial charge in [0.1, 0.15) is 6.10 Å². The molecule has 0 saturated carbocycles. The van der Waals surface area contributed by atoms with Gasteiger partial charge in [0, 0.05) is 6.42 Å². The van der Waals surface area contributed by atoms with Crippen molar-refractivity contribution in [1.82, 2.24) is 0 Å². The van der Waals surface area contributed by atoms with Crippen molar-refractivity contribution in [3.8, 4) is 0 Å². The minimum atomic E-state index is -5.10. The number of carboxylic acid groups (broad SMARTS) is 1. The van der Waals surface area contributed by atoms with Gasteiger partial charge in [-0.25, -0.2) is 9.36 Å². The number of carbonyl (C=O) groups is 2. The van der Waals surface area contributed by atoms with Crippen LogP contribution in [-0.4, -0.2) is 60.5 Å². The third-order valence-corrected chi connectivity index (χ3v) is 6.31. The van der Waals surface area contributed by atoms with Crippen molar-refractivity contribution in [1.29, 1.82) is 0 Å². The van der Waals surface area contributed by atoms with Gasteiger partial charge in [-0.3, -0.25) is 14.6 Å². The molecule has 0 saturated heterocycles. The molecule has 1 aliphatic heterocycles. The van der Waals surface area contributed by atoms with E-state index < -0.39 is 49.6 Å². The van der Waals surface area contributed by atoms with Crippen molar-refractivity contribution >= 4 is 19.8 Å². The zero-order chi connectivity index (χ0) is 27.0. The van der Waals surface area contributed by atoms with E-state index in [1.54, 1.807) is 0 Å². The van der Waals surface area contributed by atoms with Crippen molar-refractivity contribution in [2.75, 3.05) is 0 Å².